The fourth-order valence-corrected chi connectivity index (χ4v) is 2.86. The topological polar surface area (TPSA) is 98.5 Å². The van der Waals surface area contributed by atoms with Gasteiger partial charge < -0.3 is 10.5 Å². The molecule has 1 rings (SSSR count). The van der Waals surface area contributed by atoms with E-state index in [1.807, 2.05) is 0 Å². The highest BCUT2D eigenvalue weighted by Crippen LogP contribution is 2.13. The highest BCUT2D eigenvalue weighted by Gasteiger charge is 2.20. The summed E-state index contributed by atoms with van der Waals surface area (Å²) in [5.41, 5.74) is 5.72. The van der Waals surface area contributed by atoms with Crippen molar-refractivity contribution < 1.29 is 17.9 Å². The molecule has 0 amide bonds. The lowest BCUT2D eigenvalue weighted by atomic mass is 10.1. The standard InChI is InChI=1S/C13H20N2O4S.ClH/c1-13(2,14)9-15-20(17,18)8-10-6-4-5-7-11(10)12(16)19-3;/h4-7,15H,8-9,14H2,1-3H3;1H. The molecule has 120 valence electrons. The average molecular weight is 337 g/mol. The van der Waals surface area contributed by atoms with Crippen LogP contribution in [0.5, 0.6) is 0 Å². The molecule has 0 aliphatic carbocycles. The zero-order valence-electron chi connectivity index (χ0n) is 12.3. The predicted molar refractivity (Wildman–Crippen MR) is 83.9 cm³/mol. The molecule has 0 aromatic heterocycles. The SMILES string of the molecule is COC(=O)c1ccccc1CS(=O)(=O)NCC(C)(C)N.Cl. The van der Waals surface area contributed by atoms with E-state index in [1.54, 1.807) is 32.0 Å². The number of rotatable bonds is 6. The molecule has 8 heteroatoms. The number of halogens is 1. The van der Waals surface area contributed by atoms with Crippen molar-refractivity contribution in [2.45, 2.75) is 25.1 Å². The van der Waals surface area contributed by atoms with Gasteiger partial charge in [-0.05, 0) is 25.5 Å². The number of esters is 1. The third kappa shape index (κ3) is 6.90. The average Bonchev–Trinajstić information content (AvgIpc) is 2.35. The lowest BCUT2D eigenvalue weighted by molar-refractivity contribution is 0.0600. The molecule has 0 saturated heterocycles. The molecule has 0 bridgehead atoms. The van der Waals surface area contributed by atoms with E-state index in [-0.39, 0.29) is 30.3 Å². The number of ether oxygens (including phenoxy) is 1. The van der Waals surface area contributed by atoms with E-state index in [0.29, 0.717) is 5.56 Å². The maximum atomic E-state index is 12.0. The fourth-order valence-electron chi connectivity index (χ4n) is 1.51. The summed E-state index contributed by atoms with van der Waals surface area (Å²) in [5.74, 6) is -0.857. The summed E-state index contributed by atoms with van der Waals surface area (Å²) >= 11 is 0. The van der Waals surface area contributed by atoms with Crippen LogP contribution in [0.4, 0.5) is 0 Å². The molecule has 6 nitrogen and oxygen atoms in total. The van der Waals surface area contributed by atoms with Crippen LogP contribution < -0.4 is 10.5 Å². The van der Waals surface area contributed by atoms with E-state index < -0.39 is 21.5 Å². The summed E-state index contributed by atoms with van der Waals surface area (Å²) in [6.07, 6.45) is 0. The van der Waals surface area contributed by atoms with Gasteiger partial charge in [0.2, 0.25) is 10.0 Å². The Kier molecular flexibility index (Phi) is 7.32. The molecule has 0 atom stereocenters. The van der Waals surface area contributed by atoms with Gasteiger partial charge in [0.1, 0.15) is 0 Å². The van der Waals surface area contributed by atoms with Crippen LogP contribution in [0.1, 0.15) is 29.8 Å². The number of nitrogens with one attached hydrogen (secondary N) is 1. The minimum absolute atomic E-state index is 0. The summed E-state index contributed by atoms with van der Waals surface area (Å²) in [4.78, 5) is 11.6. The number of carbonyl (C=O) groups excluding carboxylic acids is 1. The maximum absolute atomic E-state index is 12.0. The van der Waals surface area contributed by atoms with Crippen molar-refractivity contribution in [3.8, 4) is 0 Å². The minimum atomic E-state index is -3.57. The molecule has 0 heterocycles. The van der Waals surface area contributed by atoms with Crippen molar-refractivity contribution >= 4 is 28.4 Å². The molecule has 0 aliphatic heterocycles. The zero-order chi connectivity index (χ0) is 15.4. The van der Waals surface area contributed by atoms with Gasteiger partial charge in [-0.2, -0.15) is 0 Å². The van der Waals surface area contributed by atoms with Crippen LogP contribution in [0, 0.1) is 0 Å². The van der Waals surface area contributed by atoms with E-state index in [4.69, 9.17) is 5.73 Å². The molecule has 3 N–H and O–H groups in total. The summed E-state index contributed by atoms with van der Waals surface area (Å²) in [5, 5.41) is 0. The number of hydrogen-bond donors (Lipinski definition) is 2. The van der Waals surface area contributed by atoms with Gasteiger partial charge in [0.15, 0.2) is 0 Å². The van der Waals surface area contributed by atoms with E-state index >= 15 is 0 Å². The van der Waals surface area contributed by atoms with Gasteiger partial charge in [-0.1, -0.05) is 18.2 Å². The Morgan fingerprint density at radius 2 is 1.90 bits per heavy atom. The van der Waals surface area contributed by atoms with Crippen LogP contribution >= 0.6 is 12.4 Å². The Labute approximate surface area is 131 Å². The van der Waals surface area contributed by atoms with Crippen LogP contribution in [0.25, 0.3) is 0 Å². The van der Waals surface area contributed by atoms with Gasteiger partial charge in [-0.25, -0.2) is 17.9 Å². The number of carbonyl (C=O) groups is 1. The Bertz CT molecular complexity index is 582. The van der Waals surface area contributed by atoms with Crippen molar-refractivity contribution in [3.63, 3.8) is 0 Å². The molecule has 0 spiro atoms. The smallest absolute Gasteiger partial charge is 0.338 e. The second kappa shape index (κ2) is 7.74. The first-order valence-electron chi connectivity index (χ1n) is 6.07. The Balaban J connectivity index is 0.00000400. The summed E-state index contributed by atoms with van der Waals surface area (Å²) in [7, 11) is -2.32. The highest BCUT2D eigenvalue weighted by molar-refractivity contribution is 7.88. The van der Waals surface area contributed by atoms with Gasteiger partial charge in [0.25, 0.3) is 0 Å². The summed E-state index contributed by atoms with van der Waals surface area (Å²) in [6.45, 7) is 3.56. The Hall–Kier alpha value is -1.15. The molecule has 0 radical (unpaired) electrons. The second-order valence-corrected chi connectivity index (χ2v) is 7.02. The molecule has 0 aliphatic rings. The summed E-state index contributed by atoms with van der Waals surface area (Å²) in [6, 6.07) is 6.44. The quantitative estimate of drug-likeness (QED) is 0.757. The first-order valence-corrected chi connectivity index (χ1v) is 7.72. The predicted octanol–water partition coefficient (Wildman–Crippen LogP) is 1.05. The summed E-state index contributed by atoms with van der Waals surface area (Å²) < 4.78 is 31.0. The van der Waals surface area contributed by atoms with Crippen LogP contribution in [-0.2, 0) is 20.5 Å². The van der Waals surface area contributed by atoms with Crippen molar-refractivity contribution in [1.29, 1.82) is 0 Å². The van der Waals surface area contributed by atoms with Crippen molar-refractivity contribution in [1.82, 2.24) is 4.72 Å². The first-order chi connectivity index (χ1) is 9.14. The van der Waals surface area contributed by atoms with Crippen LogP contribution in [0.15, 0.2) is 24.3 Å². The molecular weight excluding hydrogens is 316 g/mol. The lowest BCUT2D eigenvalue weighted by Crippen LogP contribution is -2.45. The van der Waals surface area contributed by atoms with Crippen molar-refractivity contribution in [2.24, 2.45) is 5.73 Å². The van der Waals surface area contributed by atoms with Gasteiger partial charge in [-0.15, -0.1) is 12.4 Å². The number of methoxy groups -OCH3 is 1. The Morgan fingerprint density at radius 3 is 2.43 bits per heavy atom. The van der Waals surface area contributed by atoms with Gasteiger partial charge in [0.05, 0.1) is 18.4 Å². The lowest BCUT2D eigenvalue weighted by Gasteiger charge is -2.19. The third-order valence-electron chi connectivity index (χ3n) is 2.52. The molecule has 0 saturated carbocycles. The van der Waals surface area contributed by atoms with Crippen LogP contribution in [-0.4, -0.2) is 33.6 Å². The minimum Gasteiger partial charge on any atom is -0.465 e. The fraction of sp³-hybridized carbons (Fsp3) is 0.462. The Morgan fingerprint density at radius 1 is 1.33 bits per heavy atom. The zero-order valence-corrected chi connectivity index (χ0v) is 13.9. The first kappa shape index (κ1) is 19.9. The van der Waals surface area contributed by atoms with E-state index in [2.05, 4.69) is 9.46 Å². The maximum Gasteiger partial charge on any atom is 0.338 e. The number of sulfonamides is 1. The van der Waals surface area contributed by atoms with Gasteiger partial charge >= 0.3 is 5.97 Å². The number of nitrogens with two attached hydrogens (primary N) is 1. The van der Waals surface area contributed by atoms with E-state index in [9.17, 15) is 13.2 Å². The number of benzene rings is 1. The van der Waals surface area contributed by atoms with Crippen molar-refractivity contribution in [3.05, 3.63) is 35.4 Å². The van der Waals surface area contributed by atoms with E-state index in [0.717, 1.165) is 0 Å². The molecule has 1 aromatic rings. The third-order valence-corrected chi connectivity index (χ3v) is 3.79. The molecule has 21 heavy (non-hydrogen) atoms. The van der Waals surface area contributed by atoms with Crippen molar-refractivity contribution in [2.75, 3.05) is 13.7 Å². The normalized spacial score (nSPS) is 11.6. The number of hydrogen-bond acceptors (Lipinski definition) is 5. The van der Waals surface area contributed by atoms with Crippen LogP contribution in [0.3, 0.4) is 0 Å². The van der Waals surface area contributed by atoms with Gasteiger partial charge in [-0.3, -0.25) is 0 Å². The molecule has 0 fully saturated rings. The monoisotopic (exact) mass is 336 g/mol. The van der Waals surface area contributed by atoms with Crippen LogP contribution in [0.2, 0.25) is 0 Å². The van der Waals surface area contributed by atoms with Gasteiger partial charge in [0, 0.05) is 12.1 Å². The highest BCUT2D eigenvalue weighted by atomic mass is 35.5. The van der Waals surface area contributed by atoms with E-state index in [1.165, 1.54) is 13.2 Å². The molecule has 1 aromatic carbocycles. The molecule has 0 unspecified atom stereocenters. The second-order valence-electron chi connectivity index (χ2n) is 5.22. The molecular formula is C13H21ClN2O4S. The largest absolute Gasteiger partial charge is 0.465 e.